The molecule has 5 nitrogen and oxygen atoms in total. The van der Waals surface area contributed by atoms with Crippen LogP contribution in [0.15, 0.2) is 30.3 Å². The Labute approximate surface area is 137 Å². The van der Waals surface area contributed by atoms with Crippen LogP contribution in [0.25, 0.3) is 0 Å². The summed E-state index contributed by atoms with van der Waals surface area (Å²) in [5, 5.41) is 4.42. The molecule has 2 aromatic rings. The smallest absolute Gasteiger partial charge is 0.249 e. The predicted octanol–water partition coefficient (Wildman–Crippen LogP) is 2.76. The van der Waals surface area contributed by atoms with Crippen LogP contribution in [-0.2, 0) is 11.3 Å². The average Bonchev–Trinajstić information content (AvgIpc) is 2.76. The summed E-state index contributed by atoms with van der Waals surface area (Å²) < 4.78 is 1.79. The molecule has 1 aliphatic rings. The lowest BCUT2D eigenvalue weighted by molar-refractivity contribution is -0.119. The van der Waals surface area contributed by atoms with Crippen molar-refractivity contribution in [1.82, 2.24) is 9.78 Å². The fraction of sp³-hybridized carbons (Fsp3) is 0.444. The first-order valence-corrected chi connectivity index (χ1v) is 8.10. The number of benzene rings is 1. The van der Waals surface area contributed by atoms with Gasteiger partial charge in [-0.15, -0.1) is 0 Å². The molecule has 1 unspecified atom stereocenters. The highest BCUT2D eigenvalue weighted by atomic mass is 16.2. The molecule has 122 valence electrons. The monoisotopic (exact) mass is 312 g/mol. The Bertz CT molecular complexity index is 722. The molecule has 3 rings (SSSR count). The van der Waals surface area contributed by atoms with E-state index in [4.69, 9.17) is 0 Å². The molecule has 2 heterocycles. The van der Waals surface area contributed by atoms with E-state index in [1.807, 2.05) is 43.0 Å². The zero-order valence-electron chi connectivity index (χ0n) is 14.3. The zero-order valence-corrected chi connectivity index (χ0v) is 14.3. The van der Waals surface area contributed by atoms with Crippen LogP contribution in [-0.4, -0.2) is 35.3 Å². The summed E-state index contributed by atoms with van der Waals surface area (Å²) in [6.45, 7) is 7.28. The second kappa shape index (κ2) is 6.07. The van der Waals surface area contributed by atoms with Crippen LogP contribution in [0, 0.1) is 13.8 Å². The number of para-hydroxylation sites is 2. The van der Waals surface area contributed by atoms with Gasteiger partial charge in [-0.05, 0) is 45.4 Å². The van der Waals surface area contributed by atoms with Gasteiger partial charge in [0.15, 0.2) is 0 Å². The van der Waals surface area contributed by atoms with Crippen LogP contribution in [0.3, 0.4) is 0 Å². The number of carbonyl (C=O) groups is 1. The third kappa shape index (κ3) is 2.96. The van der Waals surface area contributed by atoms with Crippen molar-refractivity contribution in [2.24, 2.45) is 0 Å². The van der Waals surface area contributed by atoms with Gasteiger partial charge in [-0.25, -0.2) is 0 Å². The molecule has 0 bridgehead atoms. The van der Waals surface area contributed by atoms with Gasteiger partial charge in [-0.2, -0.15) is 5.10 Å². The van der Waals surface area contributed by atoms with Gasteiger partial charge in [-0.1, -0.05) is 12.1 Å². The van der Waals surface area contributed by atoms with Crippen LogP contribution in [0.2, 0.25) is 0 Å². The second-order valence-electron chi connectivity index (χ2n) is 6.40. The Morgan fingerprint density at radius 2 is 1.96 bits per heavy atom. The van der Waals surface area contributed by atoms with Crippen molar-refractivity contribution >= 4 is 17.3 Å². The number of anilines is 2. The summed E-state index contributed by atoms with van der Waals surface area (Å²) in [4.78, 5) is 17.2. The summed E-state index contributed by atoms with van der Waals surface area (Å²) in [6.07, 6.45) is 0.952. The van der Waals surface area contributed by atoms with Gasteiger partial charge >= 0.3 is 0 Å². The zero-order chi connectivity index (χ0) is 16.6. The van der Waals surface area contributed by atoms with Gasteiger partial charge in [0.25, 0.3) is 0 Å². The van der Waals surface area contributed by atoms with E-state index in [0.29, 0.717) is 0 Å². The van der Waals surface area contributed by atoms with Gasteiger partial charge in [-0.3, -0.25) is 9.48 Å². The lowest BCUT2D eigenvalue weighted by Crippen LogP contribution is -2.40. The van der Waals surface area contributed by atoms with E-state index >= 15 is 0 Å². The molecule has 0 fully saturated rings. The molecule has 1 atom stereocenters. The number of nitrogens with zero attached hydrogens (tertiary/aromatic N) is 4. The predicted molar refractivity (Wildman–Crippen MR) is 93.0 cm³/mol. The van der Waals surface area contributed by atoms with Gasteiger partial charge < -0.3 is 9.80 Å². The highest BCUT2D eigenvalue weighted by Crippen LogP contribution is 2.33. The third-order valence-corrected chi connectivity index (χ3v) is 4.53. The first-order chi connectivity index (χ1) is 11.0. The maximum atomic E-state index is 13.0. The molecule has 0 radical (unpaired) electrons. The van der Waals surface area contributed by atoms with E-state index in [1.54, 1.807) is 4.68 Å². The minimum atomic E-state index is 0.0893. The Morgan fingerprint density at radius 3 is 2.61 bits per heavy atom. The molecule has 1 aliphatic heterocycles. The molecule has 0 N–H and O–H groups in total. The minimum absolute atomic E-state index is 0.0893. The number of amides is 1. The van der Waals surface area contributed by atoms with Crippen molar-refractivity contribution in [1.29, 1.82) is 0 Å². The minimum Gasteiger partial charge on any atom is -0.373 e. The summed E-state index contributed by atoms with van der Waals surface area (Å²) in [7, 11) is 2.08. The van der Waals surface area contributed by atoms with Crippen molar-refractivity contribution in [2.75, 3.05) is 23.4 Å². The molecule has 0 saturated heterocycles. The maximum Gasteiger partial charge on any atom is 0.249 e. The van der Waals surface area contributed by atoms with E-state index in [-0.39, 0.29) is 18.5 Å². The first kappa shape index (κ1) is 15.6. The highest BCUT2D eigenvalue weighted by Gasteiger charge is 2.28. The quantitative estimate of drug-likeness (QED) is 0.856. The fourth-order valence-corrected chi connectivity index (χ4v) is 3.28. The number of rotatable bonds is 2. The fourth-order valence-electron chi connectivity index (χ4n) is 3.28. The van der Waals surface area contributed by atoms with E-state index in [1.165, 1.54) is 0 Å². The van der Waals surface area contributed by atoms with Crippen molar-refractivity contribution in [3.8, 4) is 0 Å². The number of hydrogen-bond acceptors (Lipinski definition) is 3. The molecular formula is C18H24N4O. The summed E-state index contributed by atoms with van der Waals surface area (Å²) in [5.74, 6) is 0.0893. The first-order valence-electron chi connectivity index (χ1n) is 8.10. The average molecular weight is 312 g/mol. The van der Waals surface area contributed by atoms with Crippen LogP contribution in [0.5, 0.6) is 0 Å². The standard InChI is InChI=1S/C18H24N4O/c1-13-11-15(3)21(19-13)12-18(23)22-14(2)9-10-20(4)16-7-5-6-8-17(16)22/h5-8,11,14H,9-10,12H2,1-4H3. The Hall–Kier alpha value is -2.30. The SMILES string of the molecule is Cc1cc(C)n(CC(=O)N2c3ccccc3N(C)CCC2C)n1. The number of aryl methyl sites for hydroxylation is 2. The van der Waals surface area contributed by atoms with Crippen molar-refractivity contribution in [3.05, 3.63) is 41.7 Å². The van der Waals surface area contributed by atoms with Gasteiger partial charge in [0.1, 0.15) is 6.54 Å². The van der Waals surface area contributed by atoms with Crippen molar-refractivity contribution in [3.63, 3.8) is 0 Å². The van der Waals surface area contributed by atoms with Crippen LogP contribution >= 0.6 is 0 Å². The second-order valence-corrected chi connectivity index (χ2v) is 6.40. The summed E-state index contributed by atoms with van der Waals surface area (Å²) >= 11 is 0. The Morgan fingerprint density at radius 1 is 1.26 bits per heavy atom. The number of hydrogen-bond donors (Lipinski definition) is 0. The largest absolute Gasteiger partial charge is 0.373 e. The lowest BCUT2D eigenvalue weighted by atomic mass is 10.1. The van der Waals surface area contributed by atoms with Crippen LogP contribution < -0.4 is 9.80 Å². The van der Waals surface area contributed by atoms with E-state index in [0.717, 1.165) is 35.7 Å². The maximum absolute atomic E-state index is 13.0. The number of carbonyl (C=O) groups excluding carboxylic acids is 1. The molecule has 23 heavy (non-hydrogen) atoms. The van der Waals surface area contributed by atoms with E-state index < -0.39 is 0 Å². The molecule has 0 spiro atoms. The van der Waals surface area contributed by atoms with Crippen LogP contribution in [0.1, 0.15) is 24.7 Å². The lowest BCUT2D eigenvalue weighted by Gasteiger charge is -2.28. The molecule has 0 aliphatic carbocycles. The summed E-state index contributed by atoms with van der Waals surface area (Å²) in [6, 6.07) is 10.3. The van der Waals surface area contributed by atoms with Crippen molar-refractivity contribution < 1.29 is 4.79 Å². The molecule has 5 heteroatoms. The third-order valence-electron chi connectivity index (χ3n) is 4.53. The normalized spacial score (nSPS) is 17.8. The Balaban J connectivity index is 1.94. The van der Waals surface area contributed by atoms with Gasteiger partial charge in [0, 0.05) is 25.3 Å². The molecule has 1 amide bonds. The summed E-state index contributed by atoms with van der Waals surface area (Å²) in [5.41, 5.74) is 4.06. The molecule has 0 saturated carbocycles. The van der Waals surface area contributed by atoms with E-state index in [9.17, 15) is 4.79 Å². The molecular weight excluding hydrogens is 288 g/mol. The van der Waals surface area contributed by atoms with Gasteiger partial charge in [0.2, 0.25) is 5.91 Å². The molecule has 1 aromatic carbocycles. The Kier molecular flexibility index (Phi) is 4.11. The number of fused-ring (bicyclic) bond motifs is 1. The number of aromatic nitrogens is 2. The van der Waals surface area contributed by atoms with E-state index in [2.05, 4.69) is 30.0 Å². The van der Waals surface area contributed by atoms with Crippen molar-refractivity contribution in [2.45, 2.75) is 39.8 Å². The van der Waals surface area contributed by atoms with Crippen LogP contribution in [0.4, 0.5) is 11.4 Å². The topological polar surface area (TPSA) is 41.4 Å². The highest BCUT2D eigenvalue weighted by molar-refractivity contribution is 5.97. The van der Waals surface area contributed by atoms with Gasteiger partial charge in [0.05, 0.1) is 17.1 Å². The molecule has 1 aromatic heterocycles.